The zero-order valence-corrected chi connectivity index (χ0v) is 19.8. The number of esters is 1. The molecule has 0 atom stereocenters. The van der Waals surface area contributed by atoms with Crippen LogP contribution in [0.4, 0.5) is 5.88 Å². The summed E-state index contributed by atoms with van der Waals surface area (Å²) in [6.45, 7) is 1.55. The average molecular weight is 489 g/mol. The van der Waals surface area contributed by atoms with Crippen LogP contribution in [-0.4, -0.2) is 40.7 Å². The quantitative estimate of drug-likeness (QED) is 0.379. The van der Waals surface area contributed by atoms with Gasteiger partial charge in [-0.3, -0.25) is 0 Å². The fourth-order valence-corrected chi connectivity index (χ4v) is 5.52. The Hall–Kier alpha value is -3.57. The number of anilines is 1. The molecule has 0 saturated carbocycles. The van der Waals surface area contributed by atoms with Crippen LogP contribution < -0.4 is 14.2 Å². The molecule has 2 aromatic carbocycles. The first-order valence-corrected chi connectivity index (χ1v) is 11.9. The van der Waals surface area contributed by atoms with Crippen LogP contribution in [0, 0.1) is 6.92 Å². The number of thiazole rings is 1. The van der Waals surface area contributed by atoms with Crippen molar-refractivity contribution < 1.29 is 31.8 Å². The predicted octanol–water partition coefficient (Wildman–Crippen LogP) is 4.47. The molecule has 2 heterocycles. The molecule has 0 saturated heterocycles. The van der Waals surface area contributed by atoms with Gasteiger partial charge in [-0.15, -0.1) is 11.3 Å². The Labute approximate surface area is 194 Å². The number of rotatable bonds is 7. The standard InChI is InChI=1S/C22H20N2O7S2/c1-12-18(22(25)30-4)19(21-23-14-7-5-6-8-16(14)32-21)20(31-12)24-33(26,27)17-11-13(28-2)9-10-15(17)29-3/h5-11,24H,1-4H3. The Morgan fingerprint density at radius 3 is 2.52 bits per heavy atom. The van der Waals surface area contributed by atoms with Gasteiger partial charge in [0.05, 0.1) is 37.1 Å². The molecule has 0 bridgehead atoms. The van der Waals surface area contributed by atoms with Crippen molar-refractivity contribution in [3.8, 4) is 22.1 Å². The van der Waals surface area contributed by atoms with Crippen molar-refractivity contribution in [1.82, 2.24) is 4.98 Å². The second-order valence-corrected chi connectivity index (χ2v) is 9.52. The summed E-state index contributed by atoms with van der Waals surface area (Å²) in [5.74, 6) is -0.201. The van der Waals surface area contributed by atoms with Gasteiger partial charge in [0.25, 0.3) is 10.0 Å². The van der Waals surface area contributed by atoms with E-state index in [2.05, 4.69) is 9.71 Å². The molecule has 2 aromatic heterocycles. The van der Waals surface area contributed by atoms with Crippen LogP contribution in [0.15, 0.2) is 51.8 Å². The molecule has 0 amide bonds. The highest BCUT2D eigenvalue weighted by Gasteiger charge is 2.31. The minimum Gasteiger partial charge on any atom is -0.497 e. The van der Waals surface area contributed by atoms with E-state index in [1.807, 2.05) is 24.3 Å². The van der Waals surface area contributed by atoms with Crippen LogP contribution in [0.3, 0.4) is 0 Å². The lowest BCUT2D eigenvalue weighted by molar-refractivity contribution is 0.0599. The minimum absolute atomic E-state index is 0.0897. The number of ether oxygens (including phenoxy) is 3. The zero-order valence-electron chi connectivity index (χ0n) is 18.2. The number of aryl methyl sites for hydroxylation is 1. The van der Waals surface area contributed by atoms with Gasteiger partial charge in [-0.05, 0) is 31.2 Å². The number of hydrogen-bond donors (Lipinski definition) is 1. The zero-order chi connectivity index (χ0) is 23.8. The first-order chi connectivity index (χ1) is 15.8. The number of benzene rings is 2. The van der Waals surface area contributed by atoms with Crippen molar-refractivity contribution in [2.24, 2.45) is 0 Å². The third kappa shape index (κ3) is 4.12. The molecular formula is C22H20N2O7S2. The number of sulfonamides is 1. The fourth-order valence-electron chi connectivity index (χ4n) is 3.32. The normalized spacial score (nSPS) is 11.4. The second-order valence-electron chi connectivity index (χ2n) is 6.84. The SMILES string of the molecule is COC(=O)c1c(C)oc(NS(=O)(=O)c2cc(OC)ccc2OC)c1-c1nc2ccccc2s1. The van der Waals surface area contributed by atoms with Crippen molar-refractivity contribution in [3.05, 3.63) is 53.8 Å². The third-order valence-electron chi connectivity index (χ3n) is 4.87. The first kappa shape index (κ1) is 22.6. The van der Waals surface area contributed by atoms with Gasteiger partial charge in [0.2, 0.25) is 5.88 Å². The van der Waals surface area contributed by atoms with Crippen molar-refractivity contribution >= 4 is 43.4 Å². The van der Waals surface area contributed by atoms with Crippen molar-refractivity contribution in [1.29, 1.82) is 0 Å². The average Bonchev–Trinajstić information content (AvgIpc) is 3.37. The maximum absolute atomic E-state index is 13.3. The molecule has 0 spiro atoms. The number of nitrogens with one attached hydrogen (secondary N) is 1. The van der Waals surface area contributed by atoms with E-state index in [1.54, 1.807) is 13.0 Å². The van der Waals surface area contributed by atoms with Crippen molar-refractivity contribution in [2.75, 3.05) is 26.1 Å². The summed E-state index contributed by atoms with van der Waals surface area (Å²) in [5, 5.41) is 0.406. The monoisotopic (exact) mass is 488 g/mol. The Morgan fingerprint density at radius 1 is 1.09 bits per heavy atom. The molecule has 172 valence electrons. The molecule has 4 aromatic rings. The van der Waals surface area contributed by atoms with E-state index < -0.39 is 16.0 Å². The summed E-state index contributed by atoms with van der Waals surface area (Å²) >= 11 is 1.30. The van der Waals surface area contributed by atoms with Gasteiger partial charge in [-0.2, -0.15) is 0 Å². The number of aromatic nitrogens is 1. The van der Waals surface area contributed by atoms with E-state index >= 15 is 0 Å². The summed E-state index contributed by atoms with van der Waals surface area (Å²) in [6, 6.07) is 11.8. The number of carbonyl (C=O) groups excluding carboxylic acids is 1. The summed E-state index contributed by atoms with van der Waals surface area (Å²) < 4.78 is 51.0. The highest BCUT2D eigenvalue weighted by atomic mass is 32.2. The van der Waals surface area contributed by atoms with Crippen LogP contribution in [-0.2, 0) is 14.8 Å². The summed E-state index contributed by atoms with van der Waals surface area (Å²) in [6.07, 6.45) is 0. The van der Waals surface area contributed by atoms with E-state index in [1.165, 1.54) is 44.8 Å². The molecule has 9 nitrogen and oxygen atoms in total. The molecule has 1 N–H and O–H groups in total. The molecular weight excluding hydrogens is 468 g/mol. The van der Waals surface area contributed by atoms with Crippen molar-refractivity contribution in [2.45, 2.75) is 11.8 Å². The number of fused-ring (bicyclic) bond motifs is 1. The highest BCUT2D eigenvalue weighted by molar-refractivity contribution is 7.92. The highest BCUT2D eigenvalue weighted by Crippen LogP contribution is 2.42. The number of nitrogens with zero attached hydrogens (tertiary/aromatic N) is 1. The number of methoxy groups -OCH3 is 3. The summed E-state index contributed by atoms with van der Waals surface area (Å²) in [4.78, 5) is 17.0. The van der Waals surface area contributed by atoms with Gasteiger partial charge in [-0.1, -0.05) is 12.1 Å². The molecule has 0 aliphatic carbocycles. The van der Waals surface area contributed by atoms with Crippen LogP contribution >= 0.6 is 11.3 Å². The van der Waals surface area contributed by atoms with E-state index in [9.17, 15) is 13.2 Å². The smallest absolute Gasteiger partial charge is 0.342 e. The Kier molecular flexibility index (Phi) is 6.00. The number of carbonyl (C=O) groups is 1. The van der Waals surface area contributed by atoms with Gasteiger partial charge in [0, 0.05) is 6.07 Å². The van der Waals surface area contributed by atoms with Gasteiger partial charge >= 0.3 is 5.97 Å². The molecule has 11 heteroatoms. The molecule has 4 rings (SSSR count). The van der Waals surface area contributed by atoms with Gasteiger partial charge in [-0.25, -0.2) is 22.9 Å². The lowest BCUT2D eigenvalue weighted by Crippen LogP contribution is -2.14. The predicted molar refractivity (Wildman–Crippen MR) is 124 cm³/mol. The third-order valence-corrected chi connectivity index (χ3v) is 7.28. The summed E-state index contributed by atoms with van der Waals surface area (Å²) in [7, 11) is -0.184. The van der Waals surface area contributed by atoms with Crippen LogP contribution in [0.25, 0.3) is 20.8 Å². The molecule has 0 fully saturated rings. The van der Waals surface area contributed by atoms with Gasteiger partial charge < -0.3 is 18.6 Å². The maximum Gasteiger partial charge on any atom is 0.342 e. The second kappa shape index (κ2) is 8.75. The van der Waals surface area contributed by atoms with Crippen molar-refractivity contribution in [3.63, 3.8) is 0 Å². The number of para-hydroxylation sites is 1. The van der Waals surface area contributed by atoms with E-state index in [0.29, 0.717) is 16.3 Å². The Morgan fingerprint density at radius 2 is 1.85 bits per heavy atom. The van der Waals surface area contributed by atoms with E-state index in [4.69, 9.17) is 18.6 Å². The lowest BCUT2D eigenvalue weighted by atomic mass is 10.1. The Bertz CT molecular complexity index is 1420. The number of hydrogen-bond acceptors (Lipinski definition) is 9. The van der Waals surface area contributed by atoms with E-state index in [-0.39, 0.29) is 33.4 Å². The lowest BCUT2D eigenvalue weighted by Gasteiger charge is -2.12. The molecule has 0 radical (unpaired) electrons. The molecule has 0 aliphatic heterocycles. The Balaban J connectivity index is 1.89. The van der Waals surface area contributed by atoms with Gasteiger partial charge in [0.1, 0.15) is 32.7 Å². The molecule has 0 aliphatic rings. The van der Waals surface area contributed by atoms with E-state index in [0.717, 1.165) is 4.70 Å². The van der Waals surface area contributed by atoms with Gasteiger partial charge in [0.15, 0.2) is 0 Å². The topological polar surface area (TPSA) is 117 Å². The minimum atomic E-state index is -4.21. The molecule has 33 heavy (non-hydrogen) atoms. The maximum atomic E-state index is 13.3. The van der Waals surface area contributed by atoms with Crippen LogP contribution in [0.1, 0.15) is 16.1 Å². The molecule has 0 unspecified atom stereocenters. The fraction of sp³-hybridized carbons (Fsp3) is 0.182. The van der Waals surface area contributed by atoms with Crippen LogP contribution in [0.2, 0.25) is 0 Å². The first-order valence-electron chi connectivity index (χ1n) is 9.61. The number of furan rings is 1. The largest absolute Gasteiger partial charge is 0.497 e. The summed E-state index contributed by atoms with van der Waals surface area (Å²) in [5.41, 5.74) is 0.994. The van der Waals surface area contributed by atoms with Crippen LogP contribution in [0.5, 0.6) is 11.5 Å².